The molecule has 1 aromatic heterocycles. The van der Waals surface area contributed by atoms with Crippen molar-refractivity contribution in [2.75, 3.05) is 0 Å². The number of hydrazone groups is 1. The molecule has 0 aliphatic rings. The average Bonchev–Trinajstić information content (AvgIpc) is 2.98. The maximum absolute atomic E-state index is 12.1. The normalized spacial score (nSPS) is 12.5. The number of imidazole rings is 1. The Morgan fingerprint density at radius 1 is 1.32 bits per heavy atom. The monoisotopic (exact) mass is 357 g/mol. The molecule has 0 radical (unpaired) electrons. The molecule has 0 bridgehead atoms. The number of amides is 1. The number of nitrogens with zero attached hydrogens (tertiary/aromatic N) is 1. The molecule has 5 N–H and O–H groups in total. The minimum atomic E-state index is -0.380. The molecule has 0 fully saturated rings. The Bertz CT molecular complexity index is 906. The van der Waals surface area contributed by atoms with Gasteiger partial charge in [0.1, 0.15) is 11.5 Å². The van der Waals surface area contributed by atoms with Crippen molar-refractivity contribution in [3.8, 4) is 11.5 Å². The first-order valence-corrected chi connectivity index (χ1v) is 8.42. The maximum atomic E-state index is 12.1. The lowest BCUT2D eigenvalue weighted by molar-refractivity contribution is -0.396. The molecule has 1 amide bonds. The number of carbonyl (C=O) groups is 1. The number of aromatic hydroxyl groups is 2. The molecule has 25 heavy (non-hydrogen) atoms. The van der Waals surface area contributed by atoms with E-state index in [-0.39, 0.29) is 22.7 Å². The predicted molar refractivity (Wildman–Crippen MR) is 95.7 cm³/mol. The summed E-state index contributed by atoms with van der Waals surface area (Å²) >= 11 is 1.35. The number of hydrogen-bond acceptors (Lipinski definition) is 5. The Hall–Kier alpha value is -3.00. The molecule has 1 atom stereocenters. The molecular weight excluding hydrogens is 340 g/mol. The van der Waals surface area contributed by atoms with E-state index in [0.29, 0.717) is 5.56 Å². The van der Waals surface area contributed by atoms with Gasteiger partial charge >= 0.3 is 5.16 Å². The molecule has 1 unspecified atom stereocenters. The second-order valence-corrected chi connectivity index (χ2v) is 6.71. The highest BCUT2D eigenvalue weighted by atomic mass is 32.2. The zero-order chi connectivity index (χ0) is 17.8. The van der Waals surface area contributed by atoms with Crippen molar-refractivity contribution in [3.63, 3.8) is 0 Å². The van der Waals surface area contributed by atoms with Crippen LogP contribution in [0, 0.1) is 0 Å². The van der Waals surface area contributed by atoms with E-state index in [1.165, 1.54) is 36.2 Å². The van der Waals surface area contributed by atoms with Crippen LogP contribution < -0.4 is 10.4 Å². The van der Waals surface area contributed by atoms with Crippen LogP contribution in [0.5, 0.6) is 11.5 Å². The number of hydrogen-bond donors (Lipinski definition) is 4. The van der Waals surface area contributed by atoms with Crippen LogP contribution in [0.15, 0.2) is 52.7 Å². The summed E-state index contributed by atoms with van der Waals surface area (Å²) in [6.07, 6.45) is 1.32. The van der Waals surface area contributed by atoms with Crippen LogP contribution in [-0.4, -0.2) is 32.6 Å². The summed E-state index contributed by atoms with van der Waals surface area (Å²) in [7, 11) is 0. The third-order valence-electron chi connectivity index (χ3n) is 3.48. The first kappa shape index (κ1) is 16.8. The van der Waals surface area contributed by atoms with Gasteiger partial charge in [0, 0.05) is 11.6 Å². The zero-order valence-electron chi connectivity index (χ0n) is 13.4. The van der Waals surface area contributed by atoms with Gasteiger partial charge in [-0.15, -0.1) is 0 Å². The number of nitrogens with one attached hydrogen (secondary N) is 3. The molecular formula is C17H17N4O3S+. The van der Waals surface area contributed by atoms with E-state index >= 15 is 0 Å². The Kier molecular flexibility index (Phi) is 4.90. The molecule has 3 rings (SSSR count). The van der Waals surface area contributed by atoms with Gasteiger partial charge in [-0.05, 0) is 43.0 Å². The Morgan fingerprint density at radius 3 is 2.88 bits per heavy atom. The smallest absolute Gasteiger partial charge is 0.315 e. The molecule has 0 aliphatic carbocycles. The highest BCUT2D eigenvalue weighted by Gasteiger charge is 2.19. The Labute approximate surface area is 147 Å². The Balaban J connectivity index is 1.59. The number of thioether (sulfide) groups is 1. The summed E-state index contributed by atoms with van der Waals surface area (Å²) in [5.74, 6) is -0.432. The summed E-state index contributed by atoms with van der Waals surface area (Å²) in [4.78, 5) is 18.5. The molecule has 0 saturated carbocycles. The molecule has 2 aromatic carbocycles. The van der Waals surface area contributed by atoms with E-state index in [0.717, 1.165) is 16.2 Å². The number of para-hydroxylation sites is 2. The number of phenols is 2. The van der Waals surface area contributed by atoms with Crippen molar-refractivity contribution in [2.45, 2.75) is 17.3 Å². The fraction of sp³-hybridized carbons (Fsp3) is 0.118. The fourth-order valence-corrected chi connectivity index (χ4v) is 3.01. The highest BCUT2D eigenvalue weighted by Crippen LogP contribution is 2.21. The fourth-order valence-electron chi connectivity index (χ4n) is 2.16. The molecule has 0 spiro atoms. The summed E-state index contributed by atoms with van der Waals surface area (Å²) in [5, 5.41) is 23.1. The van der Waals surface area contributed by atoms with Crippen LogP contribution in [0.3, 0.4) is 0 Å². The first-order valence-electron chi connectivity index (χ1n) is 7.54. The van der Waals surface area contributed by atoms with E-state index < -0.39 is 0 Å². The van der Waals surface area contributed by atoms with Crippen LogP contribution in [0.25, 0.3) is 11.0 Å². The van der Waals surface area contributed by atoms with Gasteiger partial charge in [0.05, 0.1) is 11.5 Å². The molecule has 0 aliphatic heterocycles. The number of H-pyrrole nitrogens is 2. The topological polar surface area (TPSA) is 112 Å². The largest absolute Gasteiger partial charge is 0.508 e. The maximum Gasteiger partial charge on any atom is 0.315 e. The summed E-state index contributed by atoms with van der Waals surface area (Å²) < 4.78 is 0. The minimum absolute atomic E-state index is 0.0432. The molecule has 7 nitrogen and oxygen atoms in total. The number of fused-ring (bicyclic) bond motifs is 1. The molecule has 3 aromatic rings. The van der Waals surface area contributed by atoms with Gasteiger partial charge < -0.3 is 10.2 Å². The third kappa shape index (κ3) is 4.10. The summed E-state index contributed by atoms with van der Waals surface area (Å²) in [6.45, 7) is 1.77. The van der Waals surface area contributed by atoms with E-state index in [1.807, 2.05) is 24.3 Å². The molecule has 8 heteroatoms. The van der Waals surface area contributed by atoms with Gasteiger partial charge in [-0.1, -0.05) is 12.1 Å². The number of aromatic nitrogens is 2. The number of aromatic amines is 2. The van der Waals surface area contributed by atoms with Crippen LogP contribution in [0.2, 0.25) is 0 Å². The second-order valence-electron chi connectivity index (χ2n) is 5.36. The minimum Gasteiger partial charge on any atom is -0.508 e. The van der Waals surface area contributed by atoms with Gasteiger partial charge in [0.15, 0.2) is 11.0 Å². The lowest BCUT2D eigenvalue weighted by Crippen LogP contribution is -2.27. The molecule has 1 heterocycles. The quantitative estimate of drug-likeness (QED) is 0.318. The van der Waals surface area contributed by atoms with Crippen LogP contribution in [0.4, 0.5) is 0 Å². The van der Waals surface area contributed by atoms with Gasteiger partial charge in [-0.3, -0.25) is 4.79 Å². The number of benzene rings is 2. The van der Waals surface area contributed by atoms with Crippen molar-refractivity contribution in [2.24, 2.45) is 5.10 Å². The zero-order valence-corrected chi connectivity index (χ0v) is 14.2. The number of rotatable bonds is 5. The van der Waals surface area contributed by atoms with Gasteiger partial charge in [0.2, 0.25) is 0 Å². The summed E-state index contributed by atoms with van der Waals surface area (Å²) in [6, 6.07) is 11.9. The van der Waals surface area contributed by atoms with Gasteiger partial charge in [-0.25, -0.2) is 15.4 Å². The predicted octanol–water partition coefficient (Wildman–Crippen LogP) is 2.02. The Morgan fingerprint density at radius 2 is 2.12 bits per heavy atom. The SMILES string of the molecule is CC(Sc1[nH]c2ccccc2[nH+]1)C(=O)N/N=C/c1ccc(O)cc1O. The van der Waals surface area contributed by atoms with Crippen molar-refractivity contribution in [3.05, 3.63) is 48.0 Å². The van der Waals surface area contributed by atoms with Crippen molar-refractivity contribution in [1.82, 2.24) is 10.4 Å². The standard InChI is InChI=1S/C17H16N4O3S/c1-10(25-17-19-13-4-2-3-5-14(13)20-17)16(24)21-18-9-11-6-7-12(22)8-15(11)23/h2-10,22-23H,1H3,(H,19,20)(H,21,24)/p+1/b18-9+. The highest BCUT2D eigenvalue weighted by molar-refractivity contribution is 8.00. The average molecular weight is 357 g/mol. The van der Waals surface area contributed by atoms with Crippen LogP contribution in [-0.2, 0) is 4.79 Å². The number of phenolic OH excluding ortho intramolecular Hbond substituents is 2. The van der Waals surface area contributed by atoms with Gasteiger partial charge in [-0.2, -0.15) is 5.10 Å². The van der Waals surface area contributed by atoms with E-state index in [9.17, 15) is 15.0 Å². The molecule has 128 valence electrons. The molecule has 0 saturated heterocycles. The van der Waals surface area contributed by atoms with Gasteiger partial charge in [0.25, 0.3) is 5.91 Å². The lowest BCUT2D eigenvalue weighted by atomic mass is 10.2. The number of carbonyl (C=O) groups excluding carboxylic acids is 1. The summed E-state index contributed by atoms with van der Waals surface area (Å²) in [5.41, 5.74) is 4.77. The van der Waals surface area contributed by atoms with E-state index in [1.54, 1.807) is 6.92 Å². The van der Waals surface area contributed by atoms with Crippen molar-refractivity contribution in [1.29, 1.82) is 0 Å². The first-order chi connectivity index (χ1) is 12.0. The van der Waals surface area contributed by atoms with Crippen LogP contribution in [0.1, 0.15) is 12.5 Å². The van der Waals surface area contributed by atoms with Crippen molar-refractivity contribution < 1.29 is 20.0 Å². The van der Waals surface area contributed by atoms with E-state index in [4.69, 9.17) is 0 Å². The third-order valence-corrected chi connectivity index (χ3v) is 4.49. The van der Waals surface area contributed by atoms with E-state index in [2.05, 4.69) is 20.5 Å². The lowest BCUT2D eigenvalue weighted by Gasteiger charge is -2.05. The van der Waals surface area contributed by atoms with Crippen LogP contribution >= 0.6 is 11.8 Å². The second kappa shape index (κ2) is 7.27. The van der Waals surface area contributed by atoms with Crippen molar-refractivity contribution >= 4 is 34.9 Å².